The molecule has 2 aromatic rings. The van der Waals surface area contributed by atoms with Crippen LogP contribution < -0.4 is 10.1 Å². The van der Waals surface area contributed by atoms with Crippen molar-refractivity contribution in [3.8, 4) is 5.75 Å². The first-order valence-corrected chi connectivity index (χ1v) is 6.53. The largest absolute Gasteiger partial charge is 0.484 e. The van der Waals surface area contributed by atoms with Gasteiger partial charge in [-0.3, -0.25) is 4.79 Å². The van der Waals surface area contributed by atoms with Gasteiger partial charge < -0.3 is 10.1 Å². The fraction of sp³-hybridized carbons (Fsp3) is 0.200. The number of ether oxygens (including phenoxy) is 1. The summed E-state index contributed by atoms with van der Waals surface area (Å²) in [4.78, 5) is 15.6. The number of anilines is 1. The van der Waals surface area contributed by atoms with Gasteiger partial charge in [0.1, 0.15) is 10.9 Å². The quantitative estimate of drug-likeness (QED) is 0.878. The molecular weight excluding hydrogens is 276 g/mol. The molecule has 0 aliphatic carbocycles. The monoisotopic (exact) mass is 290 g/mol. The summed E-state index contributed by atoms with van der Waals surface area (Å²) < 4.78 is 5.47. The van der Waals surface area contributed by atoms with Crippen LogP contribution in [0.4, 0.5) is 5.69 Å². The second kappa shape index (κ2) is 6.39. The van der Waals surface area contributed by atoms with Crippen molar-refractivity contribution in [2.45, 2.75) is 13.8 Å². The van der Waals surface area contributed by atoms with Gasteiger partial charge in [0.2, 0.25) is 0 Å². The van der Waals surface area contributed by atoms with Crippen molar-refractivity contribution in [2.75, 3.05) is 11.9 Å². The van der Waals surface area contributed by atoms with Crippen LogP contribution in [-0.2, 0) is 4.79 Å². The summed E-state index contributed by atoms with van der Waals surface area (Å²) in [6.07, 6.45) is 1.50. The van der Waals surface area contributed by atoms with Crippen LogP contribution in [0.3, 0.4) is 0 Å². The third-order valence-corrected chi connectivity index (χ3v) is 2.80. The normalized spacial score (nSPS) is 10.2. The van der Waals surface area contributed by atoms with E-state index in [4.69, 9.17) is 16.3 Å². The van der Waals surface area contributed by atoms with Crippen molar-refractivity contribution in [3.05, 3.63) is 52.8 Å². The molecule has 1 N–H and O–H groups in total. The van der Waals surface area contributed by atoms with Gasteiger partial charge >= 0.3 is 0 Å². The number of aromatic nitrogens is 1. The molecule has 0 unspecified atom stereocenters. The van der Waals surface area contributed by atoms with Crippen molar-refractivity contribution >= 4 is 23.2 Å². The predicted octanol–water partition coefficient (Wildman–Crippen LogP) is 3.37. The Morgan fingerprint density at radius 2 is 1.95 bits per heavy atom. The molecule has 5 heteroatoms. The molecule has 104 valence electrons. The molecule has 0 atom stereocenters. The van der Waals surface area contributed by atoms with Crippen LogP contribution in [0, 0.1) is 13.8 Å². The Hall–Kier alpha value is -2.07. The van der Waals surface area contributed by atoms with Gasteiger partial charge in [-0.2, -0.15) is 0 Å². The number of hydrogen-bond donors (Lipinski definition) is 1. The number of pyridine rings is 1. The Bertz CT molecular complexity index is 592. The predicted molar refractivity (Wildman–Crippen MR) is 79.3 cm³/mol. The Labute approximate surface area is 122 Å². The van der Waals surface area contributed by atoms with Gasteiger partial charge in [0.15, 0.2) is 6.61 Å². The lowest BCUT2D eigenvalue weighted by atomic mass is 10.1. The standard InChI is InChI=1S/C15H15ClN2O2/c1-10-5-11(2)7-13(6-10)20-9-15(19)18-12-3-4-14(16)17-8-12/h3-8H,9H2,1-2H3,(H,18,19). The summed E-state index contributed by atoms with van der Waals surface area (Å²) in [5, 5.41) is 3.07. The molecule has 1 aromatic carbocycles. The van der Waals surface area contributed by atoms with E-state index in [0.29, 0.717) is 16.6 Å². The molecule has 1 amide bonds. The van der Waals surface area contributed by atoms with Gasteiger partial charge in [0, 0.05) is 0 Å². The zero-order valence-corrected chi connectivity index (χ0v) is 12.1. The van der Waals surface area contributed by atoms with Crippen LogP contribution in [0.5, 0.6) is 5.75 Å². The number of benzene rings is 1. The highest BCUT2D eigenvalue weighted by atomic mass is 35.5. The lowest BCUT2D eigenvalue weighted by Gasteiger charge is -2.09. The molecule has 1 heterocycles. The molecule has 0 radical (unpaired) electrons. The zero-order valence-electron chi connectivity index (χ0n) is 11.3. The van der Waals surface area contributed by atoms with E-state index in [9.17, 15) is 4.79 Å². The summed E-state index contributed by atoms with van der Waals surface area (Å²) in [6.45, 7) is 3.92. The maximum absolute atomic E-state index is 11.7. The number of rotatable bonds is 4. The number of hydrogen-bond acceptors (Lipinski definition) is 3. The van der Waals surface area contributed by atoms with Gasteiger partial charge in [-0.25, -0.2) is 4.98 Å². The number of amides is 1. The van der Waals surface area contributed by atoms with Gasteiger partial charge in [-0.1, -0.05) is 17.7 Å². The average molecular weight is 291 g/mol. The number of nitrogens with zero attached hydrogens (tertiary/aromatic N) is 1. The van der Waals surface area contributed by atoms with Crippen LogP contribution >= 0.6 is 11.6 Å². The molecule has 4 nitrogen and oxygen atoms in total. The third-order valence-electron chi connectivity index (χ3n) is 2.58. The van der Waals surface area contributed by atoms with Crippen molar-refractivity contribution < 1.29 is 9.53 Å². The van der Waals surface area contributed by atoms with Gasteiger partial charge in [-0.15, -0.1) is 0 Å². The van der Waals surface area contributed by atoms with Crippen LogP contribution in [0.2, 0.25) is 5.15 Å². The second-order valence-electron chi connectivity index (χ2n) is 4.53. The van der Waals surface area contributed by atoms with E-state index in [0.717, 1.165) is 11.1 Å². The molecule has 0 saturated heterocycles. The summed E-state index contributed by atoms with van der Waals surface area (Å²) in [6, 6.07) is 9.13. The second-order valence-corrected chi connectivity index (χ2v) is 4.92. The minimum Gasteiger partial charge on any atom is -0.484 e. The molecule has 0 saturated carbocycles. The summed E-state index contributed by atoms with van der Waals surface area (Å²) in [7, 11) is 0. The van der Waals surface area contributed by atoms with E-state index in [1.807, 2.05) is 32.0 Å². The van der Waals surface area contributed by atoms with Crippen LogP contribution in [0.15, 0.2) is 36.5 Å². The number of aryl methyl sites for hydroxylation is 2. The van der Waals surface area contributed by atoms with Crippen LogP contribution in [-0.4, -0.2) is 17.5 Å². The molecule has 0 aliphatic heterocycles. The van der Waals surface area contributed by atoms with Crippen molar-refractivity contribution in [1.29, 1.82) is 0 Å². The van der Waals surface area contributed by atoms with Crippen LogP contribution in [0.1, 0.15) is 11.1 Å². The minimum absolute atomic E-state index is 0.0501. The van der Waals surface area contributed by atoms with E-state index in [-0.39, 0.29) is 12.5 Å². The number of carbonyl (C=O) groups excluding carboxylic acids is 1. The third kappa shape index (κ3) is 4.24. The van der Waals surface area contributed by atoms with E-state index < -0.39 is 0 Å². The minimum atomic E-state index is -0.242. The van der Waals surface area contributed by atoms with E-state index in [2.05, 4.69) is 10.3 Å². The van der Waals surface area contributed by atoms with Crippen molar-refractivity contribution in [3.63, 3.8) is 0 Å². The number of carbonyl (C=O) groups is 1. The summed E-state index contributed by atoms with van der Waals surface area (Å²) in [5.74, 6) is 0.445. The Morgan fingerprint density at radius 3 is 2.55 bits per heavy atom. The first-order valence-electron chi connectivity index (χ1n) is 6.15. The Kier molecular flexibility index (Phi) is 4.58. The lowest BCUT2D eigenvalue weighted by molar-refractivity contribution is -0.118. The highest BCUT2D eigenvalue weighted by molar-refractivity contribution is 6.29. The fourth-order valence-corrected chi connectivity index (χ4v) is 1.92. The van der Waals surface area contributed by atoms with Gasteiger partial charge in [0.25, 0.3) is 5.91 Å². The molecule has 0 bridgehead atoms. The lowest BCUT2D eigenvalue weighted by Crippen LogP contribution is -2.20. The molecule has 1 aromatic heterocycles. The smallest absolute Gasteiger partial charge is 0.262 e. The maximum Gasteiger partial charge on any atom is 0.262 e. The molecule has 0 fully saturated rings. The van der Waals surface area contributed by atoms with E-state index >= 15 is 0 Å². The van der Waals surface area contributed by atoms with E-state index in [1.54, 1.807) is 12.1 Å². The topological polar surface area (TPSA) is 51.2 Å². The van der Waals surface area contributed by atoms with Crippen LogP contribution in [0.25, 0.3) is 0 Å². The fourth-order valence-electron chi connectivity index (χ4n) is 1.81. The van der Waals surface area contributed by atoms with Gasteiger partial charge in [0.05, 0.1) is 11.9 Å². The first kappa shape index (κ1) is 14.3. The highest BCUT2D eigenvalue weighted by Gasteiger charge is 2.05. The first-order chi connectivity index (χ1) is 9.52. The summed E-state index contributed by atoms with van der Waals surface area (Å²) in [5.41, 5.74) is 2.79. The average Bonchev–Trinajstić information content (AvgIpc) is 2.38. The Balaban J connectivity index is 1.90. The van der Waals surface area contributed by atoms with E-state index in [1.165, 1.54) is 6.20 Å². The van der Waals surface area contributed by atoms with Crippen molar-refractivity contribution in [2.24, 2.45) is 0 Å². The number of nitrogens with one attached hydrogen (secondary N) is 1. The highest BCUT2D eigenvalue weighted by Crippen LogP contribution is 2.16. The van der Waals surface area contributed by atoms with Crippen molar-refractivity contribution in [1.82, 2.24) is 4.98 Å². The molecule has 0 aliphatic rings. The Morgan fingerprint density at radius 1 is 1.25 bits per heavy atom. The molecular formula is C15H15ClN2O2. The zero-order chi connectivity index (χ0) is 14.5. The molecule has 20 heavy (non-hydrogen) atoms. The maximum atomic E-state index is 11.7. The molecule has 2 rings (SSSR count). The molecule has 0 spiro atoms. The number of halogens is 1. The SMILES string of the molecule is Cc1cc(C)cc(OCC(=O)Nc2ccc(Cl)nc2)c1. The van der Waals surface area contributed by atoms with Gasteiger partial charge in [-0.05, 0) is 49.2 Å². The summed E-state index contributed by atoms with van der Waals surface area (Å²) >= 11 is 5.67.